The van der Waals surface area contributed by atoms with Crippen LogP contribution in [-0.2, 0) is 12.8 Å². The van der Waals surface area contributed by atoms with E-state index < -0.39 is 5.91 Å². The van der Waals surface area contributed by atoms with E-state index in [1.54, 1.807) is 37.4 Å². The summed E-state index contributed by atoms with van der Waals surface area (Å²) < 4.78 is 5.11. The van der Waals surface area contributed by atoms with E-state index in [0.29, 0.717) is 11.4 Å². The third-order valence-electron chi connectivity index (χ3n) is 3.66. The molecule has 21 heavy (non-hydrogen) atoms. The highest BCUT2D eigenvalue weighted by Gasteiger charge is 2.18. The van der Waals surface area contributed by atoms with Gasteiger partial charge < -0.3 is 15.0 Å². The number of aromatic nitrogens is 1. The third-order valence-corrected chi connectivity index (χ3v) is 3.66. The number of H-pyrrole nitrogens is 1. The quantitative estimate of drug-likeness (QED) is 0.907. The van der Waals surface area contributed by atoms with Crippen LogP contribution in [-0.4, -0.2) is 18.0 Å². The molecule has 3 rings (SSSR count). The molecule has 0 bridgehead atoms. The first-order chi connectivity index (χ1) is 10.2. The first kappa shape index (κ1) is 13.4. The van der Waals surface area contributed by atoms with Crippen LogP contribution in [0.2, 0.25) is 0 Å². The molecule has 0 unspecified atom stereocenters. The zero-order valence-corrected chi connectivity index (χ0v) is 11.7. The van der Waals surface area contributed by atoms with Crippen molar-refractivity contribution in [1.29, 1.82) is 0 Å². The molecule has 0 saturated heterocycles. The minimum absolute atomic E-state index is 0.151. The van der Waals surface area contributed by atoms with Gasteiger partial charge in [0.1, 0.15) is 11.3 Å². The summed E-state index contributed by atoms with van der Waals surface area (Å²) in [5.74, 6) is 0.245. The SMILES string of the molecule is COc1cccc(NC(=O)c2cc3c([nH]c2=O)CCC3)c1. The number of carbonyl (C=O) groups excluding carboxylic acids is 1. The highest BCUT2D eigenvalue weighted by atomic mass is 16.5. The van der Waals surface area contributed by atoms with Crippen molar-refractivity contribution in [2.24, 2.45) is 0 Å². The van der Waals surface area contributed by atoms with Gasteiger partial charge in [-0.1, -0.05) is 6.07 Å². The largest absolute Gasteiger partial charge is 0.497 e. The van der Waals surface area contributed by atoms with Crippen LogP contribution in [0.1, 0.15) is 28.0 Å². The van der Waals surface area contributed by atoms with E-state index >= 15 is 0 Å². The average Bonchev–Trinajstić information content (AvgIpc) is 2.93. The van der Waals surface area contributed by atoms with Gasteiger partial charge in [-0.15, -0.1) is 0 Å². The fourth-order valence-corrected chi connectivity index (χ4v) is 2.58. The summed E-state index contributed by atoms with van der Waals surface area (Å²) in [5, 5.41) is 2.73. The van der Waals surface area contributed by atoms with Crippen molar-refractivity contribution in [2.75, 3.05) is 12.4 Å². The lowest BCUT2D eigenvalue weighted by molar-refractivity contribution is 0.102. The van der Waals surface area contributed by atoms with E-state index in [2.05, 4.69) is 10.3 Å². The molecule has 0 saturated carbocycles. The Morgan fingerprint density at radius 2 is 2.14 bits per heavy atom. The summed E-state index contributed by atoms with van der Waals surface area (Å²) in [6.45, 7) is 0. The molecule has 1 aromatic carbocycles. The highest BCUT2D eigenvalue weighted by Crippen LogP contribution is 2.20. The van der Waals surface area contributed by atoms with Crippen molar-refractivity contribution in [3.05, 3.63) is 57.5 Å². The van der Waals surface area contributed by atoms with Crippen molar-refractivity contribution >= 4 is 11.6 Å². The van der Waals surface area contributed by atoms with Gasteiger partial charge in [-0.05, 0) is 43.0 Å². The summed E-state index contributed by atoms with van der Waals surface area (Å²) in [6.07, 6.45) is 2.81. The maximum atomic E-state index is 12.3. The van der Waals surface area contributed by atoms with Gasteiger partial charge in [0.15, 0.2) is 0 Å². The number of aromatic amines is 1. The second-order valence-electron chi connectivity index (χ2n) is 5.06. The van der Waals surface area contributed by atoms with Gasteiger partial charge in [0, 0.05) is 17.4 Å². The molecule has 0 spiro atoms. The summed E-state index contributed by atoms with van der Waals surface area (Å²) in [7, 11) is 1.56. The highest BCUT2D eigenvalue weighted by molar-refractivity contribution is 6.04. The Morgan fingerprint density at radius 3 is 2.95 bits per heavy atom. The smallest absolute Gasteiger partial charge is 0.261 e. The van der Waals surface area contributed by atoms with Crippen molar-refractivity contribution < 1.29 is 9.53 Å². The van der Waals surface area contributed by atoms with Crippen LogP contribution in [0.25, 0.3) is 0 Å². The molecule has 1 amide bonds. The Hall–Kier alpha value is -2.56. The molecule has 0 aliphatic heterocycles. The maximum absolute atomic E-state index is 12.3. The monoisotopic (exact) mass is 284 g/mol. The number of hydrogen-bond donors (Lipinski definition) is 2. The number of anilines is 1. The number of pyridine rings is 1. The average molecular weight is 284 g/mol. The van der Waals surface area contributed by atoms with Crippen molar-refractivity contribution in [3.63, 3.8) is 0 Å². The number of aryl methyl sites for hydroxylation is 2. The molecular formula is C16H16N2O3. The second kappa shape index (κ2) is 5.44. The molecule has 1 aliphatic rings. The Kier molecular flexibility index (Phi) is 3.48. The van der Waals surface area contributed by atoms with Gasteiger partial charge in [-0.25, -0.2) is 0 Å². The molecule has 1 aliphatic carbocycles. The van der Waals surface area contributed by atoms with E-state index in [0.717, 1.165) is 30.5 Å². The van der Waals surface area contributed by atoms with Crippen LogP contribution < -0.4 is 15.6 Å². The molecule has 108 valence electrons. The standard InChI is InChI=1S/C16H16N2O3/c1-21-12-6-3-5-11(9-12)17-15(19)13-8-10-4-2-7-14(10)18-16(13)20/h3,5-6,8-9H,2,4,7H2,1H3,(H,17,19)(H,18,20). The molecule has 2 aromatic rings. The number of hydrogen-bond acceptors (Lipinski definition) is 3. The van der Waals surface area contributed by atoms with Crippen LogP contribution >= 0.6 is 0 Å². The van der Waals surface area contributed by atoms with E-state index in [1.807, 2.05) is 0 Å². The van der Waals surface area contributed by atoms with Gasteiger partial charge in [0.25, 0.3) is 11.5 Å². The molecular weight excluding hydrogens is 268 g/mol. The zero-order valence-electron chi connectivity index (χ0n) is 11.7. The van der Waals surface area contributed by atoms with E-state index in [9.17, 15) is 9.59 Å². The normalized spacial score (nSPS) is 12.8. The minimum Gasteiger partial charge on any atom is -0.497 e. The Bertz CT molecular complexity index is 749. The first-order valence-electron chi connectivity index (χ1n) is 6.88. The molecule has 0 radical (unpaired) electrons. The number of amides is 1. The number of carbonyl (C=O) groups is 1. The molecule has 2 N–H and O–H groups in total. The summed E-state index contributed by atoms with van der Waals surface area (Å²) >= 11 is 0. The first-order valence-corrected chi connectivity index (χ1v) is 6.88. The third kappa shape index (κ3) is 2.67. The van der Waals surface area contributed by atoms with Gasteiger partial charge in [-0.2, -0.15) is 0 Å². The number of nitrogens with one attached hydrogen (secondary N) is 2. The van der Waals surface area contributed by atoms with Crippen LogP contribution in [0.5, 0.6) is 5.75 Å². The Labute approximate surface area is 122 Å². The maximum Gasteiger partial charge on any atom is 0.261 e. The number of benzene rings is 1. The molecule has 5 heteroatoms. The van der Waals surface area contributed by atoms with Gasteiger partial charge in [-0.3, -0.25) is 9.59 Å². The Morgan fingerprint density at radius 1 is 1.29 bits per heavy atom. The fourth-order valence-electron chi connectivity index (χ4n) is 2.58. The van der Waals surface area contributed by atoms with Crippen LogP contribution in [0.3, 0.4) is 0 Å². The lowest BCUT2D eigenvalue weighted by atomic mass is 10.1. The molecule has 1 aromatic heterocycles. The summed E-state index contributed by atoms with van der Waals surface area (Å²) in [5.41, 5.74) is 2.43. The van der Waals surface area contributed by atoms with Crippen LogP contribution in [0.15, 0.2) is 35.1 Å². The minimum atomic E-state index is -0.404. The van der Waals surface area contributed by atoms with Crippen molar-refractivity contribution in [2.45, 2.75) is 19.3 Å². The number of ether oxygens (including phenoxy) is 1. The zero-order chi connectivity index (χ0) is 14.8. The molecule has 0 atom stereocenters. The molecule has 5 nitrogen and oxygen atoms in total. The lowest BCUT2D eigenvalue weighted by Gasteiger charge is -2.08. The lowest BCUT2D eigenvalue weighted by Crippen LogP contribution is -2.24. The number of rotatable bonds is 3. The topological polar surface area (TPSA) is 71.2 Å². The summed E-state index contributed by atoms with van der Waals surface area (Å²) in [6, 6.07) is 8.73. The van der Waals surface area contributed by atoms with Crippen molar-refractivity contribution in [3.8, 4) is 5.75 Å². The van der Waals surface area contributed by atoms with Gasteiger partial charge >= 0.3 is 0 Å². The predicted molar refractivity (Wildman–Crippen MR) is 80.0 cm³/mol. The fraction of sp³-hybridized carbons (Fsp3) is 0.250. The predicted octanol–water partition coefficient (Wildman–Crippen LogP) is 2.12. The second-order valence-corrected chi connectivity index (χ2v) is 5.06. The molecule has 0 fully saturated rings. The number of fused-ring (bicyclic) bond motifs is 1. The summed E-state index contributed by atoms with van der Waals surface area (Å²) in [4.78, 5) is 27.1. The van der Waals surface area contributed by atoms with Gasteiger partial charge in [0.05, 0.1) is 7.11 Å². The van der Waals surface area contributed by atoms with Crippen LogP contribution in [0.4, 0.5) is 5.69 Å². The van der Waals surface area contributed by atoms with E-state index in [4.69, 9.17) is 4.74 Å². The van der Waals surface area contributed by atoms with Crippen molar-refractivity contribution in [1.82, 2.24) is 4.98 Å². The van der Waals surface area contributed by atoms with E-state index in [1.165, 1.54) is 0 Å². The molecule has 1 heterocycles. The number of methoxy groups -OCH3 is 1. The Balaban J connectivity index is 1.87. The van der Waals surface area contributed by atoms with Gasteiger partial charge in [0.2, 0.25) is 0 Å². The van der Waals surface area contributed by atoms with Crippen LogP contribution in [0, 0.1) is 0 Å². The van der Waals surface area contributed by atoms with E-state index in [-0.39, 0.29) is 11.1 Å².